The molecule has 0 spiro atoms. The van der Waals surface area contributed by atoms with Gasteiger partial charge in [-0.2, -0.15) is 0 Å². The summed E-state index contributed by atoms with van der Waals surface area (Å²) in [4.78, 5) is 17.5. The highest BCUT2D eigenvalue weighted by atomic mass is 32.1. The first-order chi connectivity index (χ1) is 10.2. The Balaban J connectivity index is 1.53. The molecule has 4 rings (SSSR count). The zero-order chi connectivity index (χ0) is 14.4. The van der Waals surface area contributed by atoms with Crippen molar-refractivity contribution < 1.29 is 4.79 Å². The second-order valence-electron chi connectivity index (χ2n) is 5.61. The first-order valence-corrected chi connectivity index (χ1v) is 7.92. The highest BCUT2D eigenvalue weighted by Crippen LogP contribution is 2.38. The lowest BCUT2D eigenvalue weighted by Gasteiger charge is -2.05. The molecule has 1 aliphatic carbocycles. The van der Waals surface area contributed by atoms with Gasteiger partial charge in [-0.3, -0.25) is 9.20 Å². The van der Waals surface area contributed by atoms with Gasteiger partial charge in [0.1, 0.15) is 0 Å². The Kier molecular flexibility index (Phi) is 2.82. The molecule has 0 aliphatic heterocycles. The lowest BCUT2D eigenvalue weighted by molar-refractivity contribution is -0.117. The molecule has 3 aromatic rings. The van der Waals surface area contributed by atoms with Crippen LogP contribution in [0.5, 0.6) is 0 Å². The van der Waals surface area contributed by atoms with Gasteiger partial charge in [-0.1, -0.05) is 19.1 Å². The first-order valence-electron chi connectivity index (χ1n) is 7.04. The normalized spacial score (nSPS) is 20.6. The molecule has 1 amide bonds. The lowest BCUT2D eigenvalue weighted by atomic mass is 10.1. The highest BCUT2D eigenvalue weighted by Gasteiger charge is 2.38. The monoisotopic (exact) mass is 297 g/mol. The van der Waals surface area contributed by atoms with Crippen LogP contribution in [0.25, 0.3) is 16.2 Å². The lowest BCUT2D eigenvalue weighted by Crippen LogP contribution is -2.14. The van der Waals surface area contributed by atoms with E-state index >= 15 is 0 Å². The van der Waals surface area contributed by atoms with Crippen LogP contribution >= 0.6 is 11.3 Å². The fourth-order valence-electron chi connectivity index (χ4n) is 2.51. The second kappa shape index (κ2) is 4.70. The average Bonchev–Trinajstić information content (AvgIpc) is 2.87. The van der Waals surface area contributed by atoms with Crippen LogP contribution in [0.4, 0.5) is 5.69 Å². The molecule has 4 nitrogen and oxygen atoms in total. The molecule has 0 saturated heterocycles. The van der Waals surface area contributed by atoms with Crippen LogP contribution in [-0.2, 0) is 4.79 Å². The smallest absolute Gasteiger partial charge is 0.227 e. The molecule has 1 aliphatic rings. The van der Waals surface area contributed by atoms with Crippen molar-refractivity contribution in [3.05, 3.63) is 42.0 Å². The molecule has 2 aromatic heterocycles. The Morgan fingerprint density at radius 1 is 1.38 bits per heavy atom. The Bertz CT molecular complexity index is 774. The number of carbonyl (C=O) groups is 1. The first kappa shape index (κ1) is 12.6. The molecule has 1 saturated carbocycles. The van der Waals surface area contributed by atoms with E-state index in [0.29, 0.717) is 5.92 Å². The van der Waals surface area contributed by atoms with Gasteiger partial charge in [0.25, 0.3) is 0 Å². The van der Waals surface area contributed by atoms with E-state index in [1.807, 2.05) is 46.4 Å². The quantitative estimate of drug-likeness (QED) is 0.802. The molecule has 0 radical (unpaired) electrons. The Hall–Kier alpha value is -2.14. The molecule has 2 heterocycles. The van der Waals surface area contributed by atoms with Crippen LogP contribution in [0.15, 0.2) is 42.0 Å². The van der Waals surface area contributed by atoms with E-state index in [4.69, 9.17) is 0 Å². The summed E-state index contributed by atoms with van der Waals surface area (Å²) in [6.45, 7) is 2.11. The van der Waals surface area contributed by atoms with Gasteiger partial charge in [-0.25, -0.2) is 4.98 Å². The SMILES string of the molecule is CC1CC1C(=O)Nc1ccc(-c2cn3ccsc3n2)cc1. The minimum absolute atomic E-state index is 0.137. The number of fused-ring (bicyclic) bond motifs is 1. The largest absolute Gasteiger partial charge is 0.326 e. The topological polar surface area (TPSA) is 46.4 Å². The van der Waals surface area contributed by atoms with Gasteiger partial charge in [0, 0.05) is 34.9 Å². The maximum Gasteiger partial charge on any atom is 0.227 e. The maximum absolute atomic E-state index is 11.9. The van der Waals surface area contributed by atoms with Gasteiger partial charge in [-0.05, 0) is 24.5 Å². The van der Waals surface area contributed by atoms with Crippen molar-refractivity contribution in [2.45, 2.75) is 13.3 Å². The Morgan fingerprint density at radius 3 is 2.81 bits per heavy atom. The maximum atomic E-state index is 11.9. The van der Waals surface area contributed by atoms with E-state index < -0.39 is 0 Å². The van der Waals surface area contributed by atoms with E-state index in [-0.39, 0.29) is 11.8 Å². The summed E-state index contributed by atoms with van der Waals surface area (Å²) in [5, 5.41) is 4.99. The predicted octanol–water partition coefficient (Wildman–Crippen LogP) is 3.66. The van der Waals surface area contributed by atoms with Crippen molar-refractivity contribution in [1.82, 2.24) is 9.38 Å². The Labute approximate surface area is 126 Å². The van der Waals surface area contributed by atoms with E-state index in [2.05, 4.69) is 17.2 Å². The minimum atomic E-state index is 0.137. The number of hydrogen-bond donors (Lipinski definition) is 1. The molecule has 106 valence electrons. The van der Waals surface area contributed by atoms with Gasteiger partial charge in [0.2, 0.25) is 5.91 Å². The van der Waals surface area contributed by atoms with Gasteiger partial charge < -0.3 is 5.32 Å². The van der Waals surface area contributed by atoms with Gasteiger partial charge in [0.05, 0.1) is 5.69 Å². The summed E-state index contributed by atoms with van der Waals surface area (Å²) in [6, 6.07) is 7.87. The van der Waals surface area contributed by atoms with Gasteiger partial charge in [-0.15, -0.1) is 11.3 Å². The van der Waals surface area contributed by atoms with E-state index in [0.717, 1.165) is 28.3 Å². The standard InChI is InChI=1S/C16H15N3OS/c1-10-8-13(10)15(20)17-12-4-2-11(3-5-12)14-9-19-6-7-21-16(19)18-14/h2-7,9-10,13H,8H2,1H3,(H,17,20). The molecular weight excluding hydrogens is 282 g/mol. The predicted molar refractivity (Wildman–Crippen MR) is 84.4 cm³/mol. The molecule has 2 atom stereocenters. The molecule has 5 heteroatoms. The summed E-state index contributed by atoms with van der Waals surface area (Å²) < 4.78 is 2.02. The number of nitrogens with zero attached hydrogens (tertiary/aromatic N) is 2. The number of thiazole rings is 1. The molecular formula is C16H15N3OS. The van der Waals surface area contributed by atoms with Crippen LogP contribution in [0.1, 0.15) is 13.3 Å². The van der Waals surface area contributed by atoms with E-state index in [1.165, 1.54) is 0 Å². The number of anilines is 1. The third-order valence-electron chi connectivity index (χ3n) is 3.99. The van der Waals surface area contributed by atoms with E-state index in [9.17, 15) is 4.79 Å². The number of rotatable bonds is 3. The molecule has 1 N–H and O–H groups in total. The second-order valence-corrected chi connectivity index (χ2v) is 6.48. The summed E-state index contributed by atoms with van der Waals surface area (Å²) in [6.07, 6.45) is 5.03. The van der Waals surface area contributed by atoms with Crippen LogP contribution in [0.2, 0.25) is 0 Å². The van der Waals surface area contributed by atoms with Crippen molar-refractivity contribution in [1.29, 1.82) is 0 Å². The Morgan fingerprint density at radius 2 is 2.14 bits per heavy atom. The fraction of sp³-hybridized carbons (Fsp3) is 0.250. The summed E-state index contributed by atoms with van der Waals surface area (Å²) in [5.74, 6) is 0.866. The van der Waals surface area contributed by atoms with Crippen LogP contribution in [-0.4, -0.2) is 15.3 Å². The van der Waals surface area contributed by atoms with Crippen molar-refractivity contribution in [3.8, 4) is 11.3 Å². The number of nitrogens with one attached hydrogen (secondary N) is 1. The highest BCUT2D eigenvalue weighted by molar-refractivity contribution is 7.15. The van der Waals surface area contributed by atoms with Crippen molar-refractivity contribution >= 4 is 27.9 Å². The molecule has 0 bridgehead atoms. The number of hydrogen-bond acceptors (Lipinski definition) is 3. The van der Waals surface area contributed by atoms with Gasteiger partial charge >= 0.3 is 0 Å². The number of benzene rings is 1. The molecule has 1 fully saturated rings. The summed E-state index contributed by atoms with van der Waals surface area (Å²) in [5.41, 5.74) is 2.86. The molecule has 1 aromatic carbocycles. The number of imidazole rings is 1. The molecule has 21 heavy (non-hydrogen) atoms. The zero-order valence-corrected chi connectivity index (χ0v) is 12.4. The minimum Gasteiger partial charge on any atom is -0.326 e. The number of aromatic nitrogens is 2. The molecule has 2 unspecified atom stereocenters. The summed E-state index contributed by atoms with van der Waals surface area (Å²) in [7, 11) is 0. The van der Waals surface area contributed by atoms with Crippen molar-refractivity contribution in [3.63, 3.8) is 0 Å². The van der Waals surface area contributed by atoms with Crippen LogP contribution in [0.3, 0.4) is 0 Å². The van der Waals surface area contributed by atoms with Crippen molar-refractivity contribution in [2.75, 3.05) is 5.32 Å². The number of amides is 1. The zero-order valence-electron chi connectivity index (χ0n) is 11.6. The van der Waals surface area contributed by atoms with Crippen LogP contribution in [0, 0.1) is 11.8 Å². The third kappa shape index (κ3) is 2.34. The van der Waals surface area contributed by atoms with Gasteiger partial charge in [0.15, 0.2) is 4.96 Å². The van der Waals surface area contributed by atoms with Crippen molar-refractivity contribution in [2.24, 2.45) is 11.8 Å². The van der Waals surface area contributed by atoms with E-state index in [1.54, 1.807) is 11.3 Å². The average molecular weight is 297 g/mol. The fourth-order valence-corrected chi connectivity index (χ4v) is 3.21. The number of carbonyl (C=O) groups excluding carboxylic acids is 1. The summed E-state index contributed by atoms with van der Waals surface area (Å²) >= 11 is 1.62. The third-order valence-corrected chi connectivity index (χ3v) is 4.76. The van der Waals surface area contributed by atoms with Crippen LogP contribution < -0.4 is 5.32 Å².